The van der Waals surface area contributed by atoms with Crippen molar-refractivity contribution in [1.29, 1.82) is 0 Å². The smallest absolute Gasteiger partial charge is 0.186 e. The second-order valence-corrected chi connectivity index (χ2v) is 4.63. The van der Waals surface area contributed by atoms with Crippen molar-refractivity contribution in [3.05, 3.63) is 54.4 Å². The molecule has 0 fully saturated rings. The fourth-order valence-electron chi connectivity index (χ4n) is 1.57. The van der Waals surface area contributed by atoms with Gasteiger partial charge in [-0.25, -0.2) is 0 Å². The Morgan fingerprint density at radius 2 is 2.14 bits per heavy atom. The first kappa shape index (κ1) is 15.0. The van der Waals surface area contributed by atoms with Crippen LogP contribution in [-0.2, 0) is 6.42 Å². The molecule has 2 rings (SSSR count). The van der Waals surface area contributed by atoms with E-state index in [0.29, 0.717) is 17.4 Å². The zero-order valence-corrected chi connectivity index (χ0v) is 12.5. The number of thiocarbonyl (C=S) groups is 1. The van der Waals surface area contributed by atoms with E-state index in [1.807, 2.05) is 25.1 Å². The lowest BCUT2D eigenvalue weighted by Gasteiger charge is -2.07. The molecule has 7 heteroatoms. The summed E-state index contributed by atoms with van der Waals surface area (Å²) in [5.41, 5.74) is 5.24. The molecule has 2 heterocycles. The maximum absolute atomic E-state index is 5.15. The Hall–Kier alpha value is -2.41. The summed E-state index contributed by atoms with van der Waals surface area (Å²) >= 11 is 5.15. The monoisotopic (exact) mass is 300 g/mol. The van der Waals surface area contributed by atoms with E-state index in [2.05, 4.69) is 30.8 Å². The van der Waals surface area contributed by atoms with Crippen LogP contribution in [0.15, 0.2) is 48.1 Å². The van der Waals surface area contributed by atoms with Crippen LogP contribution >= 0.6 is 12.2 Å². The van der Waals surface area contributed by atoms with Crippen LogP contribution in [0.25, 0.3) is 0 Å². The largest absolute Gasteiger partial charge is 0.361 e. The van der Waals surface area contributed by atoms with Crippen LogP contribution < -0.4 is 10.7 Å². The van der Waals surface area contributed by atoms with Gasteiger partial charge in [-0.3, -0.25) is 20.4 Å². The molecule has 0 amide bonds. The molecule has 2 aromatic rings. The summed E-state index contributed by atoms with van der Waals surface area (Å²) in [6.45, 7) is 2.54. The lowest BCUT2D eigenvalue weighted by Crippen LogP contribution is -2.34. The van der Waals surface area contributed by atoms with Gasteiger partial charge in [-0.15, -0.1) is 0 Å². The topological polar surface area (TPSA) is 75.1 Å². The number of nitrogens with one attached hydrogen (secondary N) is 2. The van der Waals surface area contributed by atoms with E-state index in [-0.39, 0.29) is 0 Å². The molecule has 0 atom stereocenters. The molecule has 0 aliphatic rings. The normalized spacial score (nSPS) is 11.0. The number of hydrogen-bond donors (Lipinski definition) is 2. The quantitative estimate of drug-likeness (QED) is 0.492. The molecule has 0 unspecified atom stereocenters. The SMILES string of the molecule is CC(=NNC(=S)NCCc1ccccn1)c1cnccn1. The Morgan fingerprint density at radius 3 is 2.86 bits per heavy atom. The number of hydrazone groups is 1. The van der Waals surface area contributed by atoms with E-state index in [4.69, 9.17) is 12.2 Å². The number of rotatable bonds is 5. The summed E-state index contributed by atoms with van der Waals surface area (Å²) in [5.74, 6) is 0. The molecule has 108 valence electrons. The minimum Gasteiger partial charge on any atom is -0.361 e. The highest BCUT2D eigenvalue weighted by Crippen LogP contribution is 1.94. The van der Waals surface area contributed by atoms with Gasteiger partial charge in [-0.1, -0.05) is 6.07 Å². The molecule has 0 aliphatic heterocycles. The van der Waals surface area contributed by atoms with Gasteiger partial charge in [-0.05, 0) is 31.3 Å². The average molecular weight is 300 g/mol. The van der Waals surface area contributed by atoms with Gasteiger partial charge in [0.15, 0.2) is 5.11 Å². The predicted octanol–water partition coefficient (Wildman–Crippen LogP) is 1.30. The third-order valence-electron chi connectivity index (χ3n) is 2.65. The Kier molecular flexibility index (Phi) is 5.71. The third kappa shape index (κ3) is 5.23. The van der Waals surface area contributed by atoms with Gasteiger partial charge >= 0.3 is 0 Å². The molecule has 0 bridgehead atoms. The van der Waals surface area contributed by atoms with Crippen molar-refractivity contribution in [2.75, 3.05) is 6.54 Å². The highest BCUT2D eigenvalue weighted by Gasteiger charge is 1.99. The molecule has 6 nitrogen and oxygen atoms in total. The van der Waals surface area contributed by atoms with E-state index in [1.165, 1.54) is 0 Å². The Morgan fingerprint density at radius 1 is 1.24 bits per heavy atom. The van der Waals surface area contributed by atoms with Crippen LogP contribution in [0.2, 0.25) is 0 Å². The molecule has 21 heavy (non-hydrogen) atoms. The van der Waals surface area contributed by atoms with Crippen molar-refractivity contribution < 1.29 is 0 Å². The Labute approximate surface area is 128 Å². The van der Waals surface area contributed by atoms with Gasteiger partial charge in [0.25, 0.3) is 0 Å². The highest BCUT2D eigenvalue weighted by molar-refractivity contribution is 7.80. The average Bonchev–Trinajstić information content (AvgIpc) is 2.54. The predicted molar refractivity (Wildman–Crippen MR) is 85.9 cm³/mol. The lowest BCUT2D eigenvalue weighted by molar-refractivity contribution is 0.818. The van der Waals surface area contributed by atoms with Crippen LogP contribution in [0.5, 0.6) is 0 Å². The first-order chi connectivity index (χ1) is 10.3. The molecule has 0 saturated carbocycles. The molecule has 2 aromatic heterocycles. The summed E-state index contributed by atoms with van der Waals surface area (Å²) in [6.07, 6.45) is 7.47. The zero-order chi connectivity index (χ0) is 14.9. The van der Waals surface area contributed by atoms with Gasteiger partial charge in [0, 0.05) is 37.3 Å². The van der Waals surface area contributed by atoms with Crippen molar-refractivity contribution in [2.45, 2.75) is 13.3 Å². The molecule has 0 radical (unpaired) electrons. The van der Waals surface area contributed by atoms with Crippen LogP contribution in [0.4, 0.5) is 0 Å². The molecule has 0 saturated heterocycles. The van der Waals surface area contributed by atoms with Crippen LogP contribution in [-0.4, -0.2) is 32.3 Å². The van der Waals surface area contributed by atoms with Crippen molar-refractivity contribution in [2.24, 2.45) is 5.10 Å². The van der Waals surface area contributed by atoms with E-state index in [1.54, 1.807) is 24.8 Å². The zero-order valence-electron chi connectivity index (χ0n) is 11.7. The molecule has 2 N–H and O–H groups in total. The Bertz CT molecular complexity index is 599. The van der Waals surface area contributed by atoms with E-state index in [9.17, 15) is 0 Å². The third-order valence-corrected chi connectivity index (χ3v) is 2.89. The lowest BCUT2D eigenvalue weighted by atomic mass is 10.3. The van der Waals surface area contributed by atoms with Crippen molar-refractivity contribution >= 4 is 23.0 Å². The van der Waals surface area contributed by atoms with Gasteiger partial charge in [0.2, 0.25) is 0 Å². The van der Waals surface area contributed by atoms with E-state index >= 15 is 0 Å². The van der Waals surface area contributed by atoms with Crippen molar-refractivity contribution in [3.8, 4) is 0 Å². The Balaban J connectivity index is 1.75. The fraction of sp³-hybridized carbons (Fsp3) is 0.214. The molecular weight excluding hydrogens is 284 g/mol. The van der Waals surface area contributed by atoms with E-state index < -0.39 is 0 Å². The number of pyridine rings is 1. The second-order valence-electron chi connectivity index (χ2n) is 4.23. The standard InChI is InChI=1S/C14H16N6S/c1-11(13-10-15-8-9-17-13)19-20-14(21)18-7-5-12-4-2-3-6-16-12/h2-4,6,8-10H,5,7H2,1H3,(H2,18,20,21). The van der Waals surface area contributed by atoms with Crippen LogP contribution in [0.1, 0.15) is 18.3 Å². The number of aromatic nitrogens is 3. The molecule has 0 spiro atoms. The molecule has 0 aliphatic carbocycles. The molecule has 0 aromatic carbocycles. The minimum absolute atomic E-state index is 0.467. The second kappa shape index (κ2) is 8.01. The summed E-state index contributed by atoms with van der Waals surface area (Å²) in [6, 6.07) is 5.84. The number of hydrogen-bond acceptors (Lipinski definition) is 5. The fourth-order valence-corrected chi connectivity index (χ4v) is 1.72. The van der Waals surface area contributed by atoms with Gasteiger partial charge in [-0.2, -0.15) is 5.10 Å². The maximum atomic E-state index is 5.15. The van der Waals surface area contributed by atoms with Crippen molar-refractivity contribution in [3.63, 3.8) is 0 Å². The first-order valence-electron chi connectivity index (χ1n) is 6.50. The van der Waals surface area contributed by atoms with Gasteiger partial charge in [0.1, 0.15) is 5.69 Å². The van der Waals surface area contributed by atoms with Gasteiger partial charge < -0.3 is 5.32 Å². The van der Waals surface area contributed by atoms with Crippen molar-refractivity contribution in [1.82, 2.24) is 25.7 Å². The maximum Gasteiger partial charge on any atom is 0.186 e. The van der Waals surface area contributed by atoms with Crippen LogP contribution in [0.3, 0.4) is 0 Å². The first-order valence-corrected chi connectivity index (χ1v) is 6.91. The van der Waals surface area contributed by atoms with Gasteiger partial charge in [0.05, 0.1) is 11.9 Å². The summed E-state index contributed by atoms with van der Waals surface area (Å²) < 4.78 is 0. The summed E-state index contributed by atoms with van der Waals surface area (Å²) in [5, 5.41) is 7.71. The highest BCUT2D eigenvalue weighted by atomic mass is 32.1. The van der Waals surface area contributed by atoms with E-state index in [0.717, 1.165) is 17.8 Å². The summed E-state index contributed by atoms with van der Waals surface area (Å²) in [4.78, 5) is 12.4. The van der Waals surface area contributed by atoms with Crippen LogP contribution in [0, 0.1) is 0 Å². The molecular formula is C14H16N6S. The minimum atomic E-state index is 0.467. The number of nitrogens with zero attached hydrogens (tertiary/aromatic N) is 4. The summed E-state index contributed by atoms with van der Waals surface area (Å²) in [7, 11) is 0.